The molecule has 34 heavy (non-hydrogen) atoms. The molecule has 1 N–H and O–H groups in total. The summed E-state index contributed by atoms with van der Waals surface area (Å²) >= 11 is 0. The molecule has 2 heterocycles. The minimum Gasteiger partial charge on any atom is -0.494 e. The van der Waals surface area contributed by atoms with Gasteiger partial charge in [-0.3, -0.25) is 9.69 Å². The molecule has 0 saturated carbocycles. The molecule has 8 nitrogen and oxygen atoms in total. The molecule has 8 heteroatoms. The minimum absolute atomic E-state index is 0.156. The van der Waals surface area contributed by atoms with E-state index in [0.29, 0.717) is 31.1 Å². The van der Waals surface area contributed by atoms with Crippen LogP contribution in [0.15, 0.2) is 59.4 Å². The first-order valence-corrected chi connectivity index (χ1v) is 11.7. The van der Waals surface area contributed by atoms with Crippen LogP contribution >= 0.6 is 0 Å². The van der Waals surface area contributed by atoms with Crippen molar-refractivity contribution in [1.29, 1.82) is 0 Å². The zero-order chi connectivity index (χ0) is 24.3. The number of nitrogens with one attached hydrogen (secondary N) is 1. The van der Waals surface area contributed by atoms with Crippen LogP contribution in [0.2, 0.25) is 0 Å². The smallest absolute Gasteiger partial charge is 0.253 e. The van der Waals surface area contributed by atoms with Crippen LogP contribution in [0, 0.1) is 0 Å². The van der Waals surface area contributed by atoms with Crippen molar-refractivity contribution in [1.82, 2.24) is 30.1 Å². The maximum absolute atomic E-state index is 13.4. The molecule has 4 rings (SSSR count). The van der Waals surface area contributed by atoms with Gasteiger partial charge in [-0.25, -0.2) is 4.68 Å². The van der Waals surface area contributed by atoms with E-state index in [2.05, 4.69) is 65.2 Å². The van der Waals surface area contributed by atoms with Crippen molar-refractivity contribution in [2.75, 3.05) is 13.2 Å². The first kappa shape index (κ1) is 23.6. The largest absolute Gasteiger partial charge is 0.494 e. The molecule has 0 radical (unpaired) electrons. The monoisotopic (exact) mass is 460 g/mol. The average Bonchev–Trinajstić information content (AvgIpc) is 3.30. The van der Waals surface area contributed by atoms with Gasteiger partial charge in [-0.15, -0.1) is 5.10 Å². The van der Waals surface area contributed by atoms with E-state index in [0.717, 1.165) is 22.2 Å². The standard InChI is InChI=1S/C26H32N6O2/c1-6-31(17-18-11-9-8-10-12-18)23(24-28-29-30-32(24)26(3,4)5)21-16-19-15-20(34-7-2)13-14-22(19)27-25(21)33/h8-16,23H,6-7,17H2,1-5H3,(H,27,33). The highest BCUT2D eigenvalue weighted by atomic mass is 16.5. The van der Waals surface area contributed by atoms with Gasteiger partial charge in [-0.1, -0.05) is 37.3 Å². The third-order valence-corrected chi connectivity index (χ3v) is 5.82. The Labute approximate surface area is 199 Å². The van der Waals surface area contributed by atoms with Crippen molar-refractivity contribution in [3.05, 3.63) is 81.9 Å². The maximum atomic E-state index is 13.4. The summed E-state index contributed by atoms with van der Waals surface area (Å²) < 4.78 is 7.50. The summed E-state index contributed by atoms with van der Waals surface area (Å²) in [6, 6.07) is 17.4. The Bertz CT molecular complexity index is 1310. The fraction of sp³-hybridized carbons (Fsp3) is 0.385. The van der Waals surface area contributed by atoms with Gasteiger partial charge in [0.05, 0.1) is 12.1 Å². The van der Waals surface area contributed by atoms with Gasteiger partial charge in [0.25, 0.3) is 5.56 Å². The van der Waals surface area contributed by atoms with E-state index in [4.69, 9.17) is 4.74 Å². The fourth-order valence-corrected chi connectivity index (χ4v) is 4.21. The molecule has 0 bridgehead atoms. The number of nitrogens with zero attached hydrogens (tertiary/aromatic N) is 5. The van der Waals surface area contributed by atoms with E-state index >= 15 is 0 Å². The van der Waals surface area contributed by atoms with Gasteiger partial charge in [-0.2, -0.15) is 0 Å². The summed E-state index contributed by atoms with van der Waals surface area (Å²) in [5.74, 6) is 1.40. The van der Waals surface area contributed by atoms with E-state index < -0.39 is 6.04 Å². The molecule has 0 aliphatic heterocycles. The Morgan fingerprint density at radius 2 is 1.85 bits per heavy atom. The molecule has 178 valence electrons. The Balaban J connectivity index is 1.90. The number of aromatic nitrogens is 5. The summed E-state index contributed by atoms with van der Waals surface area (Å²) in [6.07, 6.45) is 0. The van der Waals surface area contributed by atoms with Crippen molar-refractivity contribution in [3.8, 4) is 5.75 Å². The second kappa shape index (κ2) is 9.77. The zero-order valence-corrected chi connectivity index (χ0v) is 20.4. The van der Waals surface area contributed by atoms with E-state index in [1.807, 2.05) is 54.1 Å². The fourth-order valence-electron chi connectivity index (χ4n) is 4.21. The van der Waals surface area contributed by atoms with E-state index in [1.165, 1.54) is 0 Å². The predicted molar refractivity (Wildman–Crippen MR) is 133 cm³/mol. The number of ether oxygens (including phenoxy) is 1. The molecule has 2 aromatic carbocycles. The van der Waals surface area contributed by atoms with E-state index in [-0.39, 0.29) is 11.1 Å². The van der Waals surface area contributed by atoms with Crippen molar-refractivity contribution >= 4 is 10.9 Å². The predicted octanol–water partition coefficient (Wildman–Crippen LogP) is 4.28. The number of benzene rings is 2. The summed E-state index contributed by atoms with van der Waals surface area (Å²) in [5.41, 5.74) is 2.00. The third-order valence-electron chi connectivity index (χ3n) is 5.82. The lowest BCUT2D eigenvalue weighted by molar-refractivity contribution is 0.202. The SMILES string of the molecule is CCOc1ccc2[nH]c(=O)c(C(c3nnnn3C(C)(C)C)N(CC)Cc3ccccc3)cc2c1. The second-order valence-electron chi connectivity index (χ2n) is 9.31. The van der Waals surface area contributed by atoms with Crippen LogP contribution in [0.1, 0.15) is 57.6 Å². The van der Waals surface area contributed by atoms with Crippen molar-refractivity contribution in [3.63, 3.8) is 0 Å². The van der Waals surface area contributed by atoms with Crippen LogP contribution in [0.3, 0.4) is 0 Å². The number of H-pyrrole nitrogens is 1. The highest BCUT2D eigenvalue weighted by molar-refractivity contribution is 5.80. The maximum Gasteiger partial charge on any atom is 0.253 e. The van der Waals surface area contributed by atoms with Gasteiger partial charge in [0, 0.05) is 23.0 Å². The molecule has 0 saturated heterocycles. The number of tetrazole rings is 1. The van der Waals surface area contributed by atoms with Crippen LogP contribution in [-0.2, 0) is 12.1 Å². The lowest BCUT2D eigenvalue weighted by Crippen LogP contribution is -2.37. The lowest BCUT2D eigenvalue weighted by Gasteiger charge is -2.32. The third kappa shape index (κ3) is 4.87. The number of hydrogen-bond acceptors (Lipinski definition) is 6. The normalized spacial score (nSPS) is 12.9. The van der Waals surface area contributed by atoms with Crippen LogP contribution in [0.5, 0.6) is 5.75 Å². The highest BCUT2D eigenvalue weighted by Crippen LogP contribution is 2.31. The highest BCUT2D eigenvalue weighted by Gasteiger charge is 2.32. The summed E-state index contributed by atoms with van der Waals surface area (Å²) in [5, 5.41) is 13.6. The molecule has 4 aromatic rings. The van der Waals surface area contributed by atoms with E-state index in [1.54, 1.807) is 0 Å². The van der Waals surface area contributed by atoms with Gasteiger partial charge < -0.3 is 9.72 Å². The van der Waals surface area contributed by atoms with Gasteiger partial charge in [0.15, 0.2) is 5.82 Å². The molecule has 0 aliphatic rings. The molecule has 0 fully saturated rings. The molecule has 0 spiro atoms. The van der Waals surface area contributed by atoms with Crippen LogP contribution in [0.25, 0.3) is 10.9 Å². The number of pyridine rings is 1. The van der Waals surface area contributed by atoms with Gasteiger partial charge in [0.1, 0.15) is 11.8 Å². The van der Waals surface area contributed by atoms with Crippen LogP contribution in [0.4, 0.5) is 0 Å². The minimum atomic E-state index is -0.441. The summed E-state index contributed by atoms with van der Waals surface area (Å²) in [6.45, 7) is 12.1. The van der Waals surface area contributed by atoms with Gasteiger partial charge in [0.2, 0.25) is 0 Å². The number of rotatable bonds is 8. The van der Waals surface area contributed by atoms with E-state index in [9.17, 15) is 4.79 Å². The lowest BCUT2D eigenvalue weighted by atomic mass is 10.0. The van der Waals surface area contributed by atoms with Crippen molar-refractivity contribution in [2.45, 2.75) is 52.7 Å². The Morgan fingerprint density at radius 1 is 1.09 bits per heavy atom. The average molecular weight is 461 g/mol. The molecule has 1 unspecified atom stereocenters. The number of aromatic amines is 1. The molecular weight excluding hydrogens is 428 g/mol. The first-order chi connectivity index (χ1) is 16.3. The summed E-state index contributed by atoms with van der Waals surface area (Å²) in [7, 11) is 0. The van der Waals surface area contributed by atoms with Crippen molar-refractivity contribution in [2.24, 2.45) is 0 Å². The van der Waals surface area contributed by atoms with Gasteiger partial charge in [-0.05, 0) is 74.5 Å². The van der Waals surface area contributed by atoms with Crippen LogP contribution < -0.4 is 10.3 Å². The van der Waals surface area contributed by atoms with Crippen molar-refractivity contribution < 1.29 is 4.74 Å². The first-order valence-electron chi connectivity index (χ1n) is 11.7. The molecular formula is C26H32N6O2. The molecule has 2 aromatic heterocycles. The summed E-state index contributed by atoms with van der Waals surface area (Å²) in [4.78, 5) is 18.7. The molecule has 0 amide bonds. The number of fused-ring (bicyclic) bond motifs is 1. The number of hydrogen-bond donors (Lipinski definition) is 1. The molecule has 0 aliphatic carbocycles. The molecule has 1 atom stereocenters. The zero-order valence-electron chi connectivity index (χ0n) is 20.4. The quantitative estimate of drug-likeness (QED) is 0.422. The Hall–Kier alpha value is -3.52. The van der Waals surface area contributed by atoms with Crippen LogP contribution in [-0.4, -0.2) is 43.2 Å². The Kier molecular flexibility index (Phi) is 6.79. The topological polar surface area (TPSA) is 88.9 Å². The Morgan fingerprint density at radius 3 is 2.53 bits per heavy atom. The van der Waals surface area contributed by atoms with Gasteiger partial charge >= 0.3 is 0 Å². The second-order valence-corrected chi connectivity index (χ2v) is 9.31.